The van der Waals surface area contributed by atoms with E-state index in [0.717, 1.165) is 21.6 Å². The zero-order valence-corrected chi connectivity index (χ0v) is 14.5. The maximum Gasteiger partial charge on any atom is 0.175 e. The van der Waals surface area contributed by atoms with Crippen molar-refractivity contribution < 1.29 is 9.47 Å². The Kier molecular flexibility index (Phi) is 4.71. The van der Waals surface area contributed by atoms with Gasteiger partial charge in [-0.25, -0.2) is 0 Å². The summed E-state index contributed by atoms with van der Waals surface area (Å²) in [6.07, 6.45) is 0. The van der Waals surface area contributed by atoms with Crippen molar-refractivity contribution in [3.63, 3.8) is 0 Å². The molecular weight excluding hydrogens is 388 g/mol. The van der Waals surface area contributed by atoms with Crippen molar-refractivity contribution >= 4 is 56.2 Å². The highest BCUT2D eigenvalue weighted by Gasteiger charge is 2.12. The van der Waals surface area contributed by atoms with E-state index < -0.39 is 0 Å². The molecule has 0 aliphatic carbocycles. The largest absolute Gasteiger partial charge is 0.486 e. The van der Waals surface area contributed by atoms with Gasteiger partial charge < -0.3 is 20.1 Å². The van der Waals surface area contributed by atoms with E-state index in [4.69, 9.17) is 33.3 Å². The molecule has 0 saturated heterocycles. The van der Waals surface area contributed by atoms with Crippen molar-refractivity contribution in [1.82, 2.24) is 0 Å². The Balaban J connectivity index is 1.69. The van der Waals surface area contributed by atoms with Gasteiger partial charge in [0.15, 0.2) is 16.6 Å². The van der Waals surface area contributed by atoms with Crippen LogP contribution in [-0.2, 0) is 0 Å². The summed E-state index contributed by atoms with van der Waals surface area (Å²) >= 11 is 14.8. The van der Waals surface area contributed by atoms with Gasteiger partial charge >= 0.3 is 0 Å². The number of rotatable bonds is 2. The highest BCUT2D eigenvalue weighted by Crippen LogP contribution is 2.32. The van der Waals surface area contributed by atoms with Gasteiger partial charge in [0.25, 0.3) is 0 Å². The van der Waals surface area contributed by atoms with E-state index in [9.17, 15) is 0 Å². The Bertz CT molecular complexity index is 727. The van der Waals surface area contributed by atoms with E-state index in [-0.39, 0.29) is 0 Å². The third kappa shape index (κ3) is 3.63. The summed E-state index contributed by atoms with van der Waals surface area (Å²) in [5.74, 6) is 1.45. The number of anilines is 2. The fourth-order valence-corrected chi connectivity index (χ4v) is 2.95. The van der Waals surface area contributed by atoms with E-state index >= 15 is 0 Å². The minimum atomic E-state index is 0.445. The molecule has 0 bridgehead atoms. The molecule has 2 aromatic carbocycles. The smallest absolute Gasteiger partial charge is 0.175 e. The summed E-state index contributed by atoms with van der Waals surface area (Å²) in [5, 5.41) is 7.19. The molecule has 1 aliphatic heterocycles. The first-order valence-corrected chi connectivity index (χ1v) is 8.12. The van der Waals surface area contributed by atoms with Crippen LogP contribution in [0.5, 0.6) is 11.5 Å². The van der Waals surface area contributed by atoms with E-state index in [1.165, 1.54) is 0 Å². The molecule has 22 heavy (non-hydrogen) atoms. The Morgan fingerprint density at radius 1 is 1.05 bits per heavy atom. The molecule has 114 valence electrons. The van der Waals surface area contributed by atoms with Gasteiger partial charge in [0.2, 0.25) is 0 Å². The van der Waals surface area contributed by atoms with Crippen molar-refractivity contribution in [3.05, 3.63) is 45.9 Å². The zero-order valence-electron chi connectivity index (χ0n) is 11.4. The number of thiocarbonyl (C=S) groups is 1. The molecule has 0 saturated carbocycles. The molecule has 0 fully saturated rings. The summed E-state index contributed by atoms with van der Waals surface area (Å²) in [4.78, 5) is 0. The molecule has 7 heteroatoms. The topological polar surface area (TPSA) is 42.5 Å². The van der Waals surface area contributed by atoms with Crippen molar-refractivity contribution in [3.8, 4) is 11.5 Å². The average Bonchev–Trinajstić information content (AvgIpc) is 2.50. The number of nitrogens with one attached hydrogen (secondary N) is 2. The van der Waals surface area contributed by atoms with Crippen molar-refractivity contribution in [1.29, 1.82) is 0 Å². The highest BCUT2D eigenvalue weighted by molar-refractivity contribution is 9.10. The van der Waals surface area contributed by atoms with Crippen LogP contribution in [0.15, 0.2) is 40.9 Å². The van der Waals surface area contributed by atoms with Crippen LogP contribution in [0, 0.1) is 0 Å². The lowest BCUT2D eigenvalue weighted by Gasteiger charge is -2.19. The van der Waals surface area contributed by atoms with Crippen LogP contribution in [0.4, 0.5) is 11.4 Å². The molecule has 2 aromatic rings. The van der Waals surface area contributed by atoms with Crippen molar-refractivity contribution in [2.45, 2.75) is 0 Å². The molecule has 1 aliphatic rings. The molecule has 0 unspecified atom stereocenters. The van der Waals surface area contributed by atoms with Gasteiger partial charge in [-0.15, -0.1) is 0 Å². The molecule has 0 amide bonds. The second-order valence-electron chi connectivity index (χ2n) is 4.56. The predicted molar refractivity (Wildman–Crippen MR) is 96.4 cm³/mol. The fraction of sp³-hybridized carbons (Fsp3) is 0.133. The standard InChI is InChI=1S/C15H12BrClN2O2S/c16-9-1-3-12(11(17)7-9)19-15(22)18-10-2-4-13-14(8-10)21-6-5-20-13/h1-4,7-8H,5-6H2,(H2,18,19,22). The molecular formula is C15H12BrClN2O2S. The monoisotopic (exact) mass is 398 g/mol. The summed E-state index contributed by atoms with van der Waals surface area (Å²) < 4.78 is 11.9. The van der Waals surface area contributed by atoms with E-state index in [0.29, 0.717) is 29.1 Å². The van der Waals surface area contributed by atoms with Crippen LogP contribution in [0.2, 0.25) is 5.02 Å². The second-order valence-corrected chi connectivity index (χ2v) is 6.29. The second kappa shape index (κ2) is 6.73. The molecule has 2 N–H and O–H groups in total. The van der Waals surface area contributed by atoms with Gasteiger partial charge in [0.1, 0.15) is 13.2 Å². The zero-order chi connectivity index (χ0) is 15.5. The van der Waals surface area contributed by atoms with Crippen molar-refractivity contribution in [2.24, 2.45) is 0 Å². The van der Waals surface area contributed by atoms with Crippen molar-refractivity contribution in [2.75, 3.05) is 23.8 Å². The van der Waals surface area contributed by atoms with Crippen LogP contribution in [0.3, 0.4) is 0 Å². The molecule has 1 heterocycles. The lowest BCUT2D eigenvalue weighted by Crippen LogP contribution is -2.20. The van der Waals surface area contributed by atoms with Crippen LogP contribution in [0.25, 0.3) is 0 Å². The summed E-state index contributed by atoms with van der Waals surface area (Å²) in [6.45, 7) is 1.12. The number of ether oxygens (including phenoxy) is 2. The fourth-order valence-electron chi connectivity index (χ4n) is 2.00. The third-order valence-corrected chi connectivity index (χ3v) is 3.99. The summed E-state index contributed by atoms with van der Waals surface area (Å²) in [7, 11) is 0. The Morgan fingerprint density at radius 2 is 1.82 bits per heavy atom. The van der Waals surface area contributed by atoms with Crippen LogP contribution in [-0.4, -0.2) is 18.3 Å². The summed E-state index contributed by atoms with van der Waals surface area (Å²) in [5.41, 5.74) is 1.55. The van der Waals surface area contributed by atoms with Gasteiger partial charge in [0.05, 0.1) is 10.7 Å². The first-order chi connectivity index (χ1) is 10.6. The minimum Gasteiger partial charge on any atom is -0.486 e. The molecule has 0 aromatic heterocycles. The number of benzene rings is 2. The van der Waals surface area contributed by atoms with Gasteiger partial charge in [-0.05, 0) is 42.5 Å². The molecule has 0 atom stereocenters. The van der Waals surface area contributed by atoms with E-state index in [1.54, 1.807) is 6.07 Å². The lowest BCUT2D eigenvalue weighted by atomic mass is 10.2. The minimum absolute atomic E-state index is 0.445. The van der Waals surface area contributed by atoms with Gasteiger partial charge in [-0.1, -0.05) is 27.5 Å². The van der Waals surface area contributed by atoms with E-state index in [1.807, 2.05) is 30.3 Å². The average molecular weight is 400 g/mol. The Labute approximate surface area is 146 Å². The van der Waals surface area contributed by atoms with Gasteiger partial charge in [-0.2, -0.15) is 0 Å². The SMILES string of the molecule is S=C(Nc1ccc2c(c1)OCCO2)Nc1ccc(Br)cc1Cl. The Hall–Kier alpha value is -1.50. The number of fused-ring (bicyclic) bond motifs is 1. The molecule has 0 radical (unpaired) electrons. The predicted octanol–water partition coefficient (Wildman–Crippen LogP) is 4.68. The quantitative estimate of drug-likeness (QED) is 0.718. The van der Waals surface area contributed by atoms with Crippen LogP contribution in [0.1, 0.15) is 0 Å². The third-order valence-electron chi connectivity index (χ3n) is 2.98. The first-order valence-electron chi connectivity index (χ1n) is 6.54. The maximum atomic E-state index is 6.15. The molecule has 4 nitrogen and oxygen atoms in total. The number of hydrogen-bond donors (Lipinski definition) is 2. The van der Waals surface area contributed by atoms with Crippen LogP contribution < -0.4 is 20.1 Å². The lowest BCUT2D eigenvalue weighted by molar-refractivity contribution is 0.171. The highest BCUT2D eigenvalue weighted by atomic mass is 79.9. The molecule has 0 spiro atoms. The molecule has 3 rings (SSSR count). The van der Waals surface area contributed by atoms with Gasteiger partial charge in [-0.3, -0.25) is 0 Å². The van der Waals surface area contributed by atoms with E-state index in [2.05, 4.69) is 26.6 Å². The normalized spacial score (nSPS) is 12.6. The maximum absolute atomic E-state index is 6.15. The number of hydrogen-bond acceptors (Lipinski definition) is 3. The van der Waals surface area contributed by atoms with Gasteiger partial charge in [0, 0.05) is 16.2 Å². The van der Waals surface area contributed by atoms with Crippen LogP contribution >= 0.6 is 39.7 Å². The Morgan fingerprint density at radius 3 is 2.59 bits per heavy atom. The summed E-state index contributed by atoms with van der Waals surface area (Å²) in [6, 6.07) is 11.1. The number of halogens is 2. The first kappa shape index (κ1) is 15.4.